The number of hydrogen-bond donors (Lipinski definition) is 1. The second-order valence-electron chi connectivity index (χ2n) is 4.29. The van der Waals surface area contributed by atoms with Crippen LogP contribution in [0.3, 0.4) is 0 Å². The van der Waals surface area contributed by atoms with Crippen LogP contribution < -0.4 is 5.32 Å². The highest BCUT2D eigenvalue weighted by Gasteiger charge is 2.14. The van der Waals surface area contributed by atoms with Gasteiger partial charge in [-0.05, 0) is 43.0 Å². The third kappa shape index (κ3) is 3.35. The smallest absolute Gasteiger partial charge is 0.0464 e. The molecule has 2 unspecified atom stereocenters. The molecule has 0 fully saturated rings. The van der Waals surface area contributed by atoms with Crippen molar-refractivity contribution in [1.29, 1.82) is 0 Å². The van der Waals surface area contributed by atoms with Gasteiger partial charge in [0.25, 0.3) is 0 Å². The molecule has 0 spiro atoms. The van der Waals surface area contributed by atoms with Crippen LogP contribution in [0.1, 0.15) is 36.4 Å². The van der Waals surface area contributed by atoms with Crippen LogP contribution in [-0.2, 0) is 0 Å². The molecule has 2 atom stereocenters. The van der Waals surface area contributed by atoms with Crippen LogP contribution >= 0.6 is 38.9 Å². The van der Waals surface area contributed by atoms with Crippen molar-refractivity contribution in [3.05, 3.63) is 55.6 Å². The second-order valence-corrected chi connectivity index (χ2v) is 6.59. The molecule has 0 aliphatic carbocycles. The third-order valence-corrected chi connectivity index (χ3v) is 4.77. The zero-order chi connectivity index (χ0) is 13.1. The van der Waals surface area contributed by atoms with Gasteiger partial charge in [0.05, 0.1) is 0 Å². The van der Waals surface area contributed by atoms with Crippen LogP contribution in [-0.4, -0.2) is 0 Å². The minimum absolute atomic E-state index is 0.225. The van der Waals surface area contributed by atoms with E-state index in [9.17, 15) is 0 Å². The SMILES string of the molecule is CC(NC(C)c1ccc(Br)cc1Cl)c1cccs1. The fourth-order valence-electron chi connectivity index (χ4n) is 1.94. The van der Waals surface area contributed by atoms with Gasteiger partial charge in [-0.3, -0.25) is 0 Å². The van der Waals surface area contributed by atoms with Gasteiger partial charge < -0.3 is 5.32 Å². The van der Waals surface area contributed by atoms with Gasteiger partial charge in [0.15, 0.2) is 0 Å². The number of halogens is 2. The first-order chi connectivity index (χ1) is 8.58. The summed E-state index contributed by atoms with van der Waals surface area (Å²) in [6.07, 6.45) is 0. The minimum atomic E-state index is 0.225. The molecule has 0 saturated carbocycles. The number of benzene rings is 1. The maximum atomic E-state index is 6.27. The second kappa shape index (κ2) is 6.20. The number of hydrogen-bond acceptors (Lipinski definition) is 2. The zero-order valence-corrected chi connectivity index (χ0v) is 13.4. The van der Waals surface area contributed by atoms with E-state index in [1.807, 2.05) is 12.1 Å². The van der Waals surface area contributed by atoms with Gasteiger partial charge in [0.2, 0.25) is 0 Å². The Balaban J connectivity index is 2.10. The standard InChI is InChI=1S/C14H15BrClNS/c1-9(12-6-5-11(15)8-13(12)16)17-10(2)14-4-3-7-18-14/h3-10,17H,1-2H3. The average molecular weight is 345 g/mol. The molecular formula is C14H15BrClNS. The molecule has 96 valence electrons. The lowest BCUT2D eigenvalue weighted by Gasteiger charge is -2.20. The first-order valence-corrected chi connectivity index (χ1v) is 7.87. The summed E-state index contributed by atoms with van der Waals surface area (Å²) in [5, 5.41) is 6.47. The first-order valence-electron chi connectivity index (χ1n) is 5.82. The van der Waals surface area contributed by atoms with E-state index >= 15 is 0 Å². The minimum Gasteiger partial charge on any atom is -0.303 e. The van der Waals surface area contributed by atoms with Crippen molar-refractivity contribution < 1.29 is 0 Å². The van der Waals surface area contributed by atoms with E-state index in [4.69, 9.17) is 11.6 Å². The van der Waals surface area contributed by atoms with Gasteiger partial charge in [0, 0.05) is 26.5 Å². The Kier molecular flexibility index (Phi) is 4.84. The normalized spacial score (nSPS) is 14.4. The Morgan fingerprint density at radius 2 is 2.00 bits per heavy atom. The third-order valence-electron chi connectivity index (χ3n) is 2.90. The van der Waals surface area contributed by atoms with Crippen molar-refractivity contribution >= 4 is 38.9 Å². The van der Waals surface area contributed by atoms with E-state index in [0.717, 1.165) is 15.1 Å². The molecule has 1 aromatic carbocycles. The molecule has 1 N–H and O–H groups in total. The molecule has 4 heteroatoms. The molecular weight excluding hydrogens is 330 g/mol. The summed E-state index contributed by atoms with van der Waals surface area (Å²) in [7, 11) is 0. The molecule has 0 aliphatic heterocycles. The van der Waals surface area contributed by atoms with E-state index < -0.39 is 0 Å². The van der Waals surface area contributed by atoms with Crippen molar-refractivity contribution in [3.63, 3.8) is 0 Å². The predicted molar refractivity (Wildman–Crippen MR) is 83.4 cm³/mol. The first kappa shape index (κ1) is 14.1. The van der Waals surface area contributed by atoms with Crippen LogP contribution in [0.25, 0.3) is 0 Å². The maximum absolute atomic E-state index is 6.27. The zero-order valence-electron chi connectivity index (χ0n) is 10.3. The summed E-state index contributed by atoms with van der Waals surface area (Å²) >= 11 is 11.5. The molecule has 1 heterocycles. The van der Waals surface area contributed by atoms with Gasteiger partial charge in [-0.2, -0.15) is 0 Å². The Labute approximate surface area is 125 Å². The van der Waals surface area contributed by atoms with E-state index in [1.54, 1.807) is 11.3 Å². The molecule has 0 radical (unpaired) electrons. The monoisotopic (exact) mass is 343 g/mol. The van der Waals surface area contributed by atoms with Gasteiger partial charge in [0.1, 0.15) is 0 Å². The van der Waals surface area contributed by atoms with Crippen molar-refractivity contribution in [2.45, 2.75) is 25.9 Å². The van der Waals surface area contributed by atoms with Crippen LogP contribution in [0.5, 0.6) is 0 Å². The highest BCUT2D eigenvalue weighted by atomic mass is 79.9. The topological polar surface area (TPSA) is 12.0 Å². The summed E-state index contributed by atoms with van der Waals surface area (Å²) in [5.41, 5.74) is 1.13. The summed E-state index contributed by atoms with van der Waals surface area (Å²) in [6, 6.07) is 10.8. The van der Waals surface area contributed by atoms with Crippen molar-refractivity contribution in [2.24, 2.45) is 0 Å². The van der Waals surface area contributed by atoms with Crippen molar-refractivity contribution in [1.82, 2.24) is 5.32 Å². The fraction of sp³-hybridized carbons (Fsp3) is 0.286. The fourth-order valence-corrected chi connectivity index (χ4v) is 3.52. The lowest BCUT2D eigenvalue weighted by molar-refractivity contribution is 0.500. The van der Waals surface area contributed by atoms with Crippen LogP contribution in [0.15, 0.2) is 40.2 Å². The average Bonchev–Trinajstić information content (AvgIpc) is 2.81. The molecule has 2 aromatic rings. The highest BCUT2D eigenvalue weighted by molar-refractivity contribution is 9.10. The summed E-state index contributed by atoms with van der Waals surface area (Å²) < 4.78 is 1.01. The summed E-state index contributed by atoms with van der Waals surface area (Å²) in [6.45, 7) is 4.31. The number of thiophene rings is 1. The molecule has 2 rings (SSSR count). The molecule has 1 aromatic heterocycles. The highest BCUT2D eigenvalue weighted by Crippen LogP contribution is 2.28. The molecule has 0 aliphatic rings. The number of rotatable bonds is 4. The van der Waals surface area contributed by atoms with Gasteiger partial charge >= 0.3 is 0 Å². The van der Waals surface area contributed by atoms with Gasteiger partial charge in [-0.25, -0.2) is 0 Å². The van der Waals surface area contributed by atoms with Crippen LogP contribution in [0.4, 0.5) is 0 Å². The van der Waals surface area contributed by atoms with Crippen LogP contribution in [0.2, 0.25) is 5.02 Å². The lowest BCUT2D eigenvalue weighted by Crippen LogP contribution is -2.22. The quantitative estimate of drug-likeness (QED) is 0.764. The van der Waals surface area contributed by atoms with Crippen molar-refractivity contribution in [2.75, 3.05) is 0 Å². The Morgan fingerprint density at radius 1 is 1.22 bits per heavy atom. The molecule has 0 saturated heterocycles. The Hall–Kier alpha value is -0.350. The van der Waals surface area contributed by atoms with Gasteiger partial charge in [-0.15, -0.1) is 11.3 Å². The van der Waals surface area contributed by atoms with E-state index in [0.29, 0.717) is 6.04 Å². The maximum Gasteiger partial charge on any atom is 0.0464 e. The lowest BCUT2D eigenvalue weighted by atomic mass is 10.1. The largest absolute Gasteiger partial charge is 0.303 e. The summed E-state index contributed by atoms with van der Waals surface area (Å²) in [4.78, 5) is 1.34. The van der Waals surface area contributed by atoms with E-state index in [-0.39, 0.29) is 6.04 Å². The Morgan fingerprint density at radius 3 is 2.61 bits per heavy atom. The Bertz CT molecular complexity index is 513. The van der Waals surface area contributed by atoms with E-state index in [1.165, 1.54) is 4.88 Å². The van der Waals surface area contributed by atoms with Crippen LogP contribution in [0, 0.1) is 0 Å². The summed E-state index contributed by atoms with van der Waals surface area (Å²) in [5.74, 6) is 0. The number of nitrogens with one attached hydrogen (secondary N) is 1. The molecule has 18 heavy (non-hydrogen) atoms. The molecule has 0 amide bonds. The van der Waals surface area contributed by atoms with Gasteiger partial charge in [-0.1, -0.05) is 39.7 Å². The molecule has 1 nitrogen and oxygen atoms in total. The predicted octanol–water partition coefficient (Wildman–Crippen LogP) is 5.58. The van der Waals surface area contributed by atoms with Crippen molar-refractivity contribution in [3.8, 4) is 0 Å². The molecule has 0 bridgehead atoms. The van der Waals surface area contributed by atoms with E-state index in [2.05, 4.69) is 58.7 Å².